The minimum atomic E-state index is -0.298. The van der Waals surface area contributed by atoms with Gasteiger partial charge < -0.3 is 4.74 Å². The van der Waals surface area contributed by atoms with Crippen LogP contribution in [0.25, 0.3) is 0 Å². The monoisotopic (exact) mass is 125 g/mol. The molecule has 48 valence electrons. The Morgan fingerprint density at radius 1 is 1.89 bits per heavy atom. The smallest absolute Gasteiger partial charge is 0.334 e. The number of aliphatic imine (C=N–C) groups is 1. The van der Waals surface area contributed by atoms with Gasteiger partial charge in [-0.2, -0.15) is 0 Å². The zero-order chi connectivity index (χ0) is 6.85. The largest absolute Gasteiger partial charge is 0.406 e. The Kier molecular flexibility index (Phi) is 1.34. The van der Waals surface area contributed by atoms with Crippen LogP contribution in [0.4, 0.5) is 0 Å². The van der Waals surface area contributed by atoms with Crippen molar-refractivity contribution in [2.75, 3.05) is 6.54 Å². The van der Waals surface area contributed by atoms with Gasteiger partial charge in [-0.05, 0) is 6.92 Å². The third kappa shape index (κ3) is 1.16. The summed E-state index contributed by atoms with van der Waals surface area (Å²) < 4.78 is 4.63. The summed E-state index contributed by atoms with van der Waals surface area (Å²) >= 11 is 0. The van der Waals surface area contributed by atoms with E-state index < -0.39 is 0 Å². The number of hydrogen-bond donors (Lipinski definition) is 0. The maximum Gasteiger partial charge on any atom is 0.334 e. The molecule has 0 aromatic rings. The molecule has 0 N–H and O–H groups in total. The number of carbonyl (C=O) groups is 1. The molecule has 0 atom stereocenters. The highest BCUT2D eigenvalue weighted by Gasteiger charge is 2.15. The Balaban J connectivity index is 2.65. The average molecular weight is 125 g/mol. The lowest BCUT2D eigenvalue weighted by molar-refractivity contribution is -0.132. The SMILES string of the molecule is C=C(C)C1=NCC(=O)O1. The number of ether oxygens (including phenoxy) is 1. The number of carbonyl (C=O) groups excluding carboxylic acids is 1. The third-order valence-corrected chi connectivity index (χ3v) is 0.927. The number of cyclic esters (lactones) is 1. The van der Waals surface area contributed by atoms with E-state index in [1.165, 1.54) is 0 Å². The van der Waals surface area contributed by atoms with E-state index in [0.29, 0.717) is 11.5 Å². The van der Waals surface area contributed by atoms with E-state index in [4.69, 9.17) is 0 Å². The third-order valence-electron chi connectivity index (χ3n) is 0.927. The molecule has 1 rings (SSSR count). The summed E-state index contributed by atoms with van der Waals surface area (Å²) in [5.74, 6) is 0.0769. The minimum Gasteiger partial charge on any atom is -0.406 e. The van der Waals surface area contributed by atoms with Crippen LogP contribution in [0.5, 0.6) is 0 Å². The molecule has 0 bridgehead atoms. The van der Waals surface area contributed by atoms with Gasteiger partial charge in [0.15, 0.2) is 0 Å². The molecular weight excluding hydrogens is 118 g/mol. The van der Waals surface area contributed by atoms with Crippen molar-refractivity contribution in [3.63, 3.8) is 0 Å². The molecule has 3 nitrogen and oxygen atoms in total. The van der Waals surface area contributed by atoms with Crippen LogP contribution in [0, 0.1) is 0 Å². The van der Waals surface area contributed by atoms with Crippen molar-refractivity contribution < 1.29 is 9.53 Å². The first kappa shape index (κ1) is 6.01. The molecule has 0 amide bonds. The second kappa shape index (κ2) is 2.01. The number of hydrogen-bond acceptors (Lipinski definition) is 3. The molecule has 0 spiro atoms. The first-order valence-electron chi connectivity index (χ1n) is 2.61. The van der Waals surface area contributed by atoms with Crippen LogP contribution in [-0.2, 0) is 9.53 Å². The van der Waals surface area contributed by atoms with Crippen molar-refractivity contribution in [3.05, 3.63) is 12.2 Å². The molecular formula is C6H7NO2. The van der Waals surface area contributed by atoms with E-state index in [9.17, 15) is 4.79 Å². The minimum absolute atomic E-state index is 0.141. The van der Waals surface area contributed by atoms with Crippen LogP contribution in [0.2, 0.25) is 0 Å². The molecule has 0 aromatic heterocycles. The summed E-state index contributed by atoms with van der Waals surface area (Å²) in [5.41, 5.74) is 0.695. The van der Waals surface area contributed by atoms with Crippen molar-refractivity contribution >= 4 is 11.9 Å². The Bertz CT molecular complexity index is 193. The lowest BCUT2D eigenvalue weighted by Gasteiger charge is -1.93. The molecule has 0 aromatic carbocycles. The molecule has 0 radical (unpaired) electrons. The number of nitrogens with zero attached hydrogens (tertiary/aromatic N) is 1. The Labute approximate surface area is 53.0 Å². The lowest BCUT2D eigenvalue weighted by atomic mass is 10.4. The van der Waals surface area contributed by atoms with Crippen LogP contribution >= 0.6 is 0 Å². The van der Waals surface area contributed by atoms with Crippen LogP contribution in [0.1, 0.15) is 6.92 Å². The van der Waals surface area contributed by atoms with Gasteiger partial charge in [-0.1, -0.05) is 6.58 Å². The second-order valence-electron chi connectivity index (χ2n) is 1.88. The summed E-state index contributed by atoms with van der Waals surface area (Å²) in [6, 6.07) is 0. The number of esters is 1. The molecule has 0 unspecified atom stereocenters. The molecule has 9 heavy (non-hydrogen) atoms. The topological polar surface area (TPSA) is 38.7 Å². The van der Waals surface area contributed by atoms with E-state index in [2.05, 4.69) is 16.3 Å². The van der Waals surface area contributed by atoms with Crippen LogP contribution in [0.3, 0.4) is 0 Å². The molecule has 0 saturated carbocycles. The molecule has 3 heteroatoms. The van der Waals surface area contributed by atoms with Crippen molar-refractivity contribution in [3.8, 4) is 0 Å². The Morgan fingerprint density at radius 2 is 2.56 bits per heavy atom. The maximum atomic E-state index is 10.4. The normalized spacial score (nSPS) is 17.0. The van der Waals surface area contributed by atoms with Crippen molar-refractivity contribution in [2.24, 2.45) is 4.99 Å². The van der Waals surface area contributed by atoms with E-state index in [-0.39, 0.29) is 12.5 Å². The lowest BCUT2D eigenvalue weighted by Crippen LogP contribution is -2.04. The fraction of sp³-hybridized carbons (Fsp3) is 0.333. The molecule has 1 aliphatic heterocycles. The van der Waals surface area contributed by atoms with E-state index >= 15 is 0 Å². The quantitative estimate of drug-likeness (QED) is 0.479. The van der Waals surface area contributed by atoms with Crippen LogP contribution < -0.4 is 0 Å². The van der Waals surface area contributed by atoms with Gasteiger partial charge >= 0.3 is 5.97 Å². The van der Waals surface area contributed by atoms with E-state index in [1.54, 1.807) is 6.92 Å². The standard InChI is InChI=1S/C6H7NO2/c1-4(2)6-7-3-5(8)9-6/h1,3H2,2H3. The summed E-state index contributed by atoms with van der Waals surface area (Å²) in [7, 11) is 0. The summed E-state index contributed by atoms with van der Waals surface area (Å²) in [6.45, 7) is 5.45. The number of rotatable bonds is 1. The Morgan fingerprint density at radius 3 is 2.78 bits per heavy atom. The first-order chi connectivity index (χ1) is 4.20. The molecule has 0 aliphatic carbocycles. The zero-order valence-corrected chi connectivity index (χ0v) is 5.18. The van der Waals surface area contributed by atoms with E-state index in [1.807, 2.05) is 0 Å². The van der Waals surface area contributed by atoms with Gasteiger partial charge in [0.05, 0.1) is 0 Å². The zero-order valence-electron chi connectivity index (χ0n) is 5.18. The van der Waals surface area contributed by atoms with Gasteiger partial charge in [-0.25, -0.2) is 9.79 Å². The summed E-state index contributed by atoms with van der Waals surface area (Å²) in [4.78, 5) is 14.1. The average Bonchev–Trinajstić information content (AvgIpc) is 2.14. The highest BCUT2D eigenvalue weighted by molar-refractivity contribution is 6.03. The predicted molar refractivity (Wildman–Crippen MR) is 33.2 cm³/mol. The molecule has 0 fully saturated rings. The van der Waals surface area contributed by atoms with Gasteiger partial charge in [-0.15, -0.1) is 0 Å². The van der Waals surface area contributed by atoms with E-state index in [0.717, 1.165) is 0 Å². The summed E-state index contributed by atoms with van der Waals surface area (Å²) in [5, 5.41) is 0. The fourth-order valence-electron chi connectivity index (χ4n) is 0.531. The highest BCUT2D eigenvalue weighted by atomic mass is 16.6. The van der Waals surface area contributed by atoms with Crippen molar-refractivity contribution in [1.29, 1.82) is 0 Å². The highest BCUT2D eigenvalue weighted by Crippen LogP contribution is 2.02. The van der Waals surface area contributed by atoms with Crippen molar-refractivity contribution in [2.45, 2.75) is 6.92 Å². The summed E-state index contributed by atoms with van der Waals surface area (Å²) in [6.07, 6.45) is 0. The van der Waals surface area contributed by atoms with Gasteiger partial charge in [0, 0.05) is 5.57 Å². The van der Waals surface area contributed by atoms with Gasteiger partial charge in [0.1, 0.15) is 6.54 Å². The second-order valence-corrected chi connectivity index (χ2v) is 1.88. The van der Waals surface area contributed by atoms with Gasteiger partial charge in [0.2, 0.25) is 5.90 Å². The van der Waals surface area contributed by atoms with Crippen LogP contribution in [0.15, 0.2) is 17.1 Å². The fourth-order valence-corrected chi connectivity index (χ4v) is 0.531. The van der Waals surface area contributed by atoms with Gasteiger partial charge in [-0.3, -0.25) is 0 Å². The molecule has 0 saturated heterocycles. The van der Waals surface area contributed by atoms with Crippen molar-refractivity contribution in [1.82, 2.24) is 0 Å². The first-order valence-corrected chi connectivity index (χ1v) is 2.61. The Hall–Kier alpha value is -1.12. The molecule has 1 aliphatic rings. The van der Waals surface area contributed by atoms with Crippen LogP contribution in [-0.4, -0.2) is 18.4 Å². The van der Waals surface area contributed by atoms with Gasteiger partial charge in [0.25, 0.3) is 0 Å². The molecule has 1 heterocycles. The maximum absolute atomic E-state index is 10.4. The predicted octanol–water partition coefficient (Wildman–Crippen LogP) is 0.518.